The van der Waals surface area contributed by atoms with Crippen molar-refractivity contribution in [2.45, 2.75) is 31.2 Å². The first kappa shape index (κ1) is 24.8. The molecule has 3 aromatic carbocycles. The van der Waals surface area contributed by atoms with E-state index in [-0.39, 0.29) is 10.6 Å². The van der Waals surface area contributed by atoms with Gasteiger partial charge < -0.3 is 14.8 Å². The molecule has 0 aliphatic carbocycles. The maximum absolute atomic E-state index is 13.0. The number of hydrogen-bond donors (Lipinski definition) is 2. The molecule has 2 N–H and O–H groups in total. The number of rotatable bonds is 6. The van der Waals surface area contributed by atoms with Crippen molar-refractivity contribution in [2.24, 2.45) is 0 Å². The summed E-state index contributed by atoms with van der Waals surface area (Å²) in [6, 6.07) is 18.8. The van der Waals surface area contributed by atoms with Gasteiger partial charge in [-0.1, -0.05) is 24.3 Å². The Morgan fingerprint density at radius 2 is 1.61 bits per heavy atom. The van der Waals surface area contributed by atoms with Crippen molar-refractivity contribution in [3.05, 3.63) is 70.3 Å². The van der Waals surface area contributed by atoms with Crippen LogP contribution >= 0.6 is 22.6 Å². The molecule has 0 bridgehead atoms. The van der Waals surface area contributed by atoms with Crippen molar-refractivity contribution in [1.29, 1.82) is 0 Å². The summed E-state index contributed by atoms with van der Waals surface area (Å²) in [6.45, 7) is 5.28. The van der Waals surface area contributed by atoms with Crippen LogP contribution in [0.1, 0.15) is 20.8 Å². The van der Waals surface area contributed by atoms with E-state index in [2.05, 4.69) is 10.0 Å². The molecule has 0 heterocycles. The molecule has 2 amide bonds. The summed E-state index contributed by atoms with van der Waals surface area (Å²) in [4.78, 5) is 12.1. The van der Waals surface area contributed by atoms with Crippen molar-refractivity contribution in [2.75, 3.05) is 7.11 Å². The fourth-order valence-electron chi connectivity index (χ4n) is 2.97. The van der Waals surface area contributed by atoms with Gasteiger partial charge in [0.05, 0.1) is 7.11 Å². The highest BCUT2D eigenvalue weighted by Crippen LogP contribution is 2.32. The van der Waals surface area contributed by atoms with Crippen LogP contribution in [-0.2, 0) is 10.0 Å². The third-order valence-corrected chi connectivity index (χ3v) is 6.42. The summed E-state index contributed by atoms with van der Waals surface area (Å²) in [6.07, 6.45) is 0. The number of amides is 2. The highest BCUT2D eigenvalue weighted by Gasteiger charge is 2.25. The van der Waals surface area contributed by atoms with E-state index < -0.39 is 21.6 Å². The average molecular weight is 580 g/mol. The first-order valence-corrected chi connectivity index (χ1v) is 12.6. The lowest BCUT2D eigenvalue weighted by Gasteiger charge is -2.21. The molecule has 3 aromatic rings. The second-order valence-electron chi connectivity index (χ2n) is 8.26. The van der Waals surface area contributed by atoms with Crippen molar-refractivity contribution < 1.29 is 22.7 Å². The summed E-state index contributed by atoms with van der Waals surface area (Å²) in [5.41, 5.74) is 1.26. The third-order valence-electron chi connectivity index (χ3n) is 4.40. The van der Waals surface area contributed by atoms with E-state index in [1.54, 1.807) is 46.1 Å². The zero-order valence-electron chi connectivity index (χ0n) is 18.7. The Morgan fingerprint density at radius 3 is 2.24 bits per heavy atom. The number of sulfonamides is 1. The maximum atomic E-state index is 13.0. The number of carbonyl (C=O) groups excluding carboxylic acids is 1. The zero-order valence-corrected chi connectivity index (χ0v) is 21.7. The molecule has 0 radical (unpaired) electrons. The Labute approximate surface area is 207 Å². The molecule has 0 aliphatic rings. The predicted molar refractivity (Wildman–Crippen MR) is 136 cm³/mol. The van der Waals surface area contributed by atoms with Crippen LogP contribution in [-0.4, -0.2) is 27.1 Å². The van der Waals surface area contributed by atoms with Gasteiger partial charge in [0.15, 0.2) is 0 Å². The molecule has 0 atom stereocenters. The minimum Gasteiger partial charge on any atom is -0.497 e. The second-order valence-corrected chi connectivity index (χ2v) is 11.2. The van der Waals surface area contributed by atoms with Gasteiger partial charge in [0, 0.05) is 9.11 Å². The summed E-state index contributed by atoms with van der Waals surface area (Å²) in [5.74, 6) is 1.32. The molecule has 0 saturated heterocycles. The number of hydrogen-bond acceptors (Lipinski definition) is 5. The van der Waals surface area contributed by atoms with Crippen LogP contribution in [0.2, 0.25) is 0 Å². The number of benzene rings is 3. The van der Waals surface area contributed by atoms with Gasteiger partial charge in [0.1, 0.15) is 22.1 Å². The number of nitrogens with one attached hydrogen (secondary N) is 2. The first-order chi connectivity index (χ1) is 15.5. The monoisotopic (exact) mass is 580 g/mol. The zero-order chi connectivity index (χ0) is 24.2. The molecule has 174 valence electrons. The number of halogens is 1. The molecule has 0 spiro atoms. The highest BCUT2D eigenvalue weighted by atomic mass is 127. The van der Waals surface area contributed by atoms with E-state index in [0.29, 0.717) is 9.32 Å². The van der Waals surface area contributed by atoms with Gasteiger partial charge in [-0.3, -0.25) is 0 Å². The predicted octanol–water partition coefficient (Wildman–Crippen LogP) is 5.55. The van der Waals surface area contributed by atoms with Crippen molar-refractivity contribution in [3.63, 3.8) is 0 Å². The molecule has 0 saturated carbocycles. The molecular formula is C24H25IN2O5S. The van der Waals surface area contributed by atoms with Gasteiger partial charge >= 0.3 is 6.03 Å². The van der Waals surface area contributed by atoms with E-state index in [9.17, 15) is 13.2 Å². The number of urea groups is 1. The first-order valence-electron chi connectivity index (χ1n) is 10.0. The van der Waals surface area contributed by atoms with Crippen LogP contribution in [0.5, 0.6) is 17.2 Å². The van der Waals surface area contributed by atoms with E-state index >= 15 is 0 Å². The Bertz CT molecular complexity index is 1250. The van der Waals surface area contributed by atoms with E-state index in [4.69, 9.17) is 9.47 Å². The van der Waals surface area contributed by atoms with Crippen LogP contribution in [0.25, 0.3) is 11.1 Å². The van der Waals surface area contributed by atoms with Crippen LogP contribution in [0.4, 0.5) is 4.79 Å². The lowest BCUT2D eigenvalue weighted by molar-refractivity contribution is 0.237. The molecule has 0 fully saturated rings. The van der Waals surface area contributed by atoms with Crippen LogP contribution in [0.15, 0.2) is 71.6 Å². The van der Waals surface area contributed by atoms with Gasteiger partial charge in [-0.25, -0.2) is 17.9 Å². The van der Waals surface area contributed by atoms with Crippen molar-refractivity contribution in [3.8, 4) is 28.4 Å². The minimum absolute atomic E-state index is 0.110. The summed E-state index contributed by atoms with van der Waals surface area (Å²) in [7, 11) is -2.57. The van der Waals surface area contributed by atoms with E-state index in [0.717, 1.165) is 16.9 Å². The smallest absolute Gasteiger partial charge is 0.329 e. The van der Waals surface area contributed by atoms with Crippen molar-refractivity contribution >= 4 is 38.6 Å². The number of methoxy groups -OCH3 is 1. The van der Waals surface area contributed by atoms with Gasteiger partial charge in [-0.05, 0) is 97.0 Å². The van der Waals surface area contributed by atoms with E-state index in [1.165, 1.54) is 6.07 Å². The molecule has 0 unspecified atom stereocenters. The van der Waals surface area contributed by atoms with Gasteiger partial charge in [-0.2, -0.15) is 0 Å². The topological polar surface area (TPSA) is 93.7 Å². The molecular weight excluding hydrogens is 555 g/mol. The molecule has 0 aliphatic heterocycles. The summed E-state index contributed by atoms with van der Waals surface area (Å²) in [5, 5.41) is 2.58. The standard InChI is InChI=1S/C24H25IN2O5S/c1-24(2,3)26-23(28)27-33(29,30)22-15-18(25)10-13-21(22)32-20-7-5-6-17(14-20)16-8-11-19(31-4)12-9-16/h5-15H,1-4H3,(H2,26,27,28). The van der Waals surface area contributed by atoms with Crippen molar-refractivity contribution in [1.82, 2.24) is 10.0 Å². The Hall–Kier alpha value is -2.79. The minimum atomic E-state index is -4.18. The Morgan fingerprint density at radius 1 is 0.909 bits per heavy atom. The van der Waals surface area contributed by atoms with Crippen LogP contribution in [0.3, 0.4) is 0 Å². The molecule has 33 heavy (non-hydrogen) atoms. The molecule has 7 nitrogen and oxygen atoms in total. The average Bonchev–Trinajstić information content (AvgIpc) is 2.73. The molecule has 3 rings (SSSR count). The third kappa shape index (κ3) is 6.84. The fourth-order valence-corrected chi connectivity index (χ4v) is 4.73. The molecule has 9 heteroatoms. The number of carbonyl (C=O) groups is 1. The fraction of sp³-hybridized carbons (Fsp3) is 0.208. The highest BCUT2D eigenvalue weighted by molar-refractivity contribution is 14.1. The van der Waals surface area contributed by atoms with Crippen LogP contribution < -0.4 is 19.5 Å². The lowest BCUT2D eigenvalue weighted by atomic mass is 10.1. The summed E-state index contributed by atoms with van der Waals surface area (Å²) >= 11 is 2.01. The lowest BCUT2D eigenvalue weighted by Crippen LogP contribution is -2.48. The SMILES string of the molecule is COc1ccc(-c2cccc(Oc3ccc(I)cc3S(=O)(=O)NC(=O)NC(C)(C)C)c2)cc1. The largest absolute Gasteiger partial charge is 0.497 e. The second kappa shape index (κ2) is 10.0. The van der Waals surface area contributed by atoms with Gasteiger partial charge in [0.2, 0.25) is 0 Å². The number of ether oxygens (including phenoxy) is 2. The molecule has 0 aromatic heterocycles. The maximum Gasteiger partial charge on any atom is 0.329 e. The van der Waals surface area contributed by atoms with E-state index in [1.807, 2.05) is 65.1 Å². The van der Waals surface area contributed by atoms with Gasteiger partial charge in [-0.15, -0.1) is 0 Å². The Kier molecular flexibility index (Phi) is 7.53. The quantitative estimate of drug-likeness (QED) is 0.374. The van der Waals surface area contributed by atoms with Gasteiger partial charge in [0.25, 0.3) is 10.0 Å². The Balaban J connectivity index is 1.90. The van der Waals surface area contributed by atoms with Crippen LogP contribution in [0, 0.1) is 3.57 Å². The summed E-state index contributed by atoms with van der Waals surface area (Å²) < 4.78 is 39.8. The normalized spacial score (nSPS) is 11.5.